The van der Waals surface area contributed by atoms with E-state index in [0.717, 1.165) is 37.2 Å². The summed E-state index contributed by atoms with van der Waals surface area (Å²) in [5.41, 5.74) is 3.39. The first-order valence-electron chi connectivity index (χ1n) is 11.5. The third-order valence-electron chi connectivity index (χ3n) is 5.35. The Morgan fingerprint density at radius 2 is 1.65 bits per heavy atom. The van der Waals surface area contributed by atoms with Crippen LogP contribution >= 0.6 is 0 Å². The molecule has 2 aromatic carbocycles. The monoisotopic (exact) mass is 417 g/mol. The minimum atomic E-state index is -0.292. The van der Waals surface area contributed by atoms with Crippen LogP contribution in [0.1, 0.15) is 63.5 Å². The molecule has 0 bridgehead atoms. The highest BCUT2D eigenvalue weighted by Crippen LogP contribution is 2.19. The highest BCUT2D eigenvalue weighted by Gasteiger charge is 2.09. The second-order valence-corrected chi connectivity index (χ2v) is 7.78. The Labute approximate surface area is 187 Å². The van der Waals surface area contributed by atoms with Gasteiger partial charge in [0.25, 0.3) is 5.91 Å². The summed E-state index contributed by atoms with van der Waals surface area (Å²) in [4.78, 5) is 14.6. The Hall–Kier alpha value is -3.06. The Balaban J connectivity index is 1.90. The number of hydrogen-bond acceptors (Lipinski definition) is 3. The molecule has 164 valence electrons. The first-order chi connectivity index (χ1) is 15.2. The Bertz CT molecular complexity index is 850. The number of nitriles is 1. The lowest BCUT2D eigenvalue weighted by molar-refractivity contribution is -0.117. The van der Waals surface area contributed by atoms with Crippen molar-refractivity contribution in [3.8, 4) is 6.07 Å². The van der Waals surface area contributed by atoms with E-state index in [2.05, 4.69) is 48.3 Å². The van der Waals surface area contributed by atoms with Crippen molar-refractivity contribution < 1.29 is 4.79 Å². The van der Waals surface area contributed by atoms with Crippen LogP contribution in [0.5, 0.6) is 0 Å². The van der Waals surface area contributed by atoms with Crippen LogP contribution in [0.15, 0.2) is 60.2 Å². The molecule has 0 aliphatic rings. The molecule has 0 heterocycles. The average molecular weight is 418 g/mol. The molecule has 0 fully saturated rings. The maximum absolute atomic E-state index is 12.3. The van der Waals surface area contributed by atoms with Crippen LogP contribution in [-0.2, 0) is 11.3 Å². The van der Waals surface area contributed by atoms with Crippen molar-refractivity contribution in [1.82, 2.24) is 5.32 Å². The molecule has 0 spiro atoms. The van der Waals surface area contributed by atoms with Gasteiger partial charge in [-0.25, -0.2) is 0 Å². The number of anilines is 1. The molecule has 0 unspecified atom stereocenters. The van der Waals surface area contributed by atoms with E-state index in [0.29, 0.717) is 6.54 Å². The SMILES string of the molecule is CCCCCCCCNC(=O)C(C#N)=Cc1ccc(N(CC)Cc2ccccc2)cc1. The zero-order valence-electron chi connectivity index (χ0n) is 18.9. The van der Waals surface area contributed by atoms with E-state index in [1.165, 1.54) is 31.2 Å². The smallest absolute Gasteiger partial charge is 0.261 e. The Kier molecular flexibility index (Phi) is 11.0. The minimum absolute atomic E-state index is 0.148. The highest BCUT2D eigenvalue weighted by molar-refractivity contribution is 6.01. The molecule has 0 saturated carbocycles. The summed E-state index contributed by atoms with van der Waals surface area (Å²) in [6.07, 6.45) is 8.70. The topological polar surface area (TPSA) is 56.1 Å². The average Bonchev–Trinajstić information content (AvgIpc) is 2.81. The normalized spacial score (nSPS) is 11.1. The van der Waals surface area contributed by atoms with Crippen LogP contribution in [0.2, 0.25) is 0 Å². The molecule has 4 nitrogen and oxygen atoms in total. The molecule has 1 amide bonds. The largest absolute Gasteiger partial charge is 0.367 e. The number of nitrogens with zero attached hydrogens (tertiary/aromatic N) is 2. The maximum Gasteiger partial charge on any atom is 0.261 e. The third kappa shape index (κ3) is 8.68. The van der Waals surface area contributed by atoms with Crippen molar-refractivity contribution in [2.45, 2.75) is 58.9 Å². The van der Waals surface area contributed by atoms with Gasteiger partial charge in [-0.1, -0.05) is 81.5 Å². The molecule has 0 saturated heterocycles. The van der Waals surface area contributed by atoms with Crippen molar-refractivity contribution in [3.63, 3.8) is 0 Å². The fourth-order valence-electron chi connectivity index (χ4n) is 3.49. The van der Waals surface area contributed by atoms with Crippen LogP contribution in [0.4, 0.5) is 5.69 Å². The zero-order valence-corrected chi connectivity index (χ0v) is 18.9. The summed E-state index contributed by atoms with van der Waals surface area (Å²) in [5, 5.41) is 12.3. The van der Waals surface area contributed by atoms with Crippen LogP contribution in [0.3, 0.4) is 0 Å². The van der Waals surface area contributed by atoms with E-state index in [-0.39, 0.29) is 11.5 Å². The number of hydrogen-bond donors (Lipinski definition) is 1. The summed E-state index contributed by atoms with van der Waals surface area (Å²) in [7, 11) is 0. The summed E-state index contributed by atoms with van der Waals surface area (Å²) < 4.78 is 0. The fourth-order valence-corrected chi connectivity index (χ4v) is 3.49. The predicted octanol–water partition coefficient (Wildman–Crippen LogP) is 6.10. The van der Waals surface area contributed by atoms with Crippen LogP contribution < -0.4 is 10.2 Å². The van der Waals surface area contributed by atoms with Gasteiger partial charge in [0.15, 0.2) is 0 Å². The number of carbonyl (C=O) groups is 1. The Morgan fingerprint density at radius 3 is 2.29 bits per heavy atom. The van der Waals surface area contributed by atoms with Gasteiger partial charge in [-0.2, -0.15) is 5.26 Å². The van der Waals surface area contributed by atoms with E-state index in [1.54, 1.807) is 6.08 Å². The second-order valence-electron chi connectivity index (χ2n) is 7.78. The molecule has 1 N–H and O–H groups in total. The lowest BCUT2D eigenvalue weighted by atomic mass is 10.1. The van der Waals surface area contributed by atoms with Crippen molar-refractivity contribution >= 4 is 17.7 Å². The summed E-state index contributed by atoms with van der Waals surface area (Å²) >= 11 is 0. The quantitative estimate of drug-likeness (QED) is 0.243. The van der Waals surface area contributed by atoms with Gasteiger partial charge < -0.3 is 10.2 Å². The maximum atomic E-state index is 12.3. The van der Waals surface area contributed by atoms with Gasteiger partial charge in [0.2, 0.25) is 0 Å². The van der Waals surface area contributed by atoms with E-state index in [4.69, 9.17) is 0 Å². The Morgan fingerprint density at radius 1 is 0.968 bits per heavy atom. The molecule has 0 aromatic heterocycles. The van der Waals surface area contributed by atoms with E-state index in [9.17, 15) is 10.1 Å². The number of amides is 1. The number of benzene rings is 2. The van der Waals surface area contributed by atoms with Gasteiger partial charge in [0.05, 0.1) is 0 Å². The van der Waals surface area contributed by atoms with Gasteiger partial charge in [0, 0.05) is 25.3 Å². The molecule has 4 heteroatoms. The molecule has 2 rings (SSSR count). The number of nitrogens with one attached hydrogen (secondary N) is 1. The lowest BCUT2D eigenvalue weighted by Crippen LogP contribution is -2.25. The number of rotatable bonds is 13. The van der Waals surface area contributed by atoms with Gasteiger partial charge in [-0.05, 0) is 42.7 Å². The van der Waals surface area contributed by atoms with Gasteiger partial charge in [-0.3, -0.25) is 4.79 Å². The first-order valence-corrected chi connectivity index (χ1v) is 11.5. The summed E-state index contributed by atoms with van der Waals surface area (Å²) in [5.74, 6) is -0.292. The molecule has 0 aliphatic carbocycles. The molecule has 2 aromatic rings. The van der Waals surface area contributed by atoms with Gasteiger partial charge in [0.1, 0.15) is 11.6 Å². The van der Waals surface area contributed by atoms with Crippen molar-refractivity contribution in [2.24, 2.45) is 0 Å². The van der Waals surface area contributed by atoms with Crippen molar-refractivity contribution in [2.75, 3.05) is 18.0 Å². The standard InChI is InChI=1S/C27H35N3O/c1-3-5-6-7-8-12-19-29-27(31)25(21-28)20-23-15-17-26(18-16-23)30(4-2)22-24-13-10-9-11-14-24/h9-11,13-18,20H,3-8,12,19,22H2,1-2H3,(H,29,31). The molecule has 31 heavy (non-hydrogen) atoms. The van der Waals surface area contributed by atoms with Gasteiger partial charge >= 0.3 is 0 Å². The lowest BCUT2D eigenvalue weighted by Gasteiger charge is -2.23. The predicted molar refractivity (Wildman–Crippen MR) is 130 cm³/mol. The number of unbranched alkanes of at least 4 members (excludes halogenated alkanes) is 5. The fraction of sp³-hybridized carbons (Fsp3) is 0.407. The second kappa shape index (κ2) is 14.0. The van der Waals surface area contributed by atoms with E-state index in [1.807, 2.05) is 36.4 Å². The molecular weight excluding hydrogens is 382 g/mol. The van der Waals surface area contributed by atoms with E-state index < -0.39 is 0 Å². The van der Waals surface area contributed by atoms with Crippen LogP contribution in [-0.4, -0.2) is 19.0 Å². The highest BCUT2D eigenvalue weighted by atomic mass is 16.1. The molecule has 0 atom stereocenters. The first kappa shape index (κ1) is 24.2. The summed E-state index contributed by atoms with van der Waals surface area (Å²) in [6, 6.07) is 20.4. The van der Waals surface area contributed by atoms with Crippen molar-refractivity contribution in [1.29, 1.82) is 5.26 Å². The summed E-state index contributed by atoms with van der Waals surface area (Å²) in [6.45, 7) is 6.70. The van der Waals surface area contributed by atoms with Crippen LogP contribution in [0, 0.1) is 11.3 Å². The van der Waals surface area contributed by atoms with Crippen LogP contribution in [0.25, 0.3) is 6.08 Å². The van der Waals surface area contributed by atoms with E-state index >= 15 is 0 Å². The molecule has 0 aliphatic heterocycles. The molecular formula is C27H35N3O. The zero-order chi connectivity index (χ0) is 22.3. The van der Waals surface area contributed by atoms with Crippen molar-refractivity contribution in [3.05, 3.63) is 71.3 Å². The molecule has 0 radical (unpaired) electrons. The minimum Gasteiger partial charge on any atom is -0.367 e. The number of carbonyl (C=O) groups excluding carboxylic acids is 1. The third-order valence-corrected chi connectivity index (χ3v) is 5.35. The van der Waals surface area contributed by atoms with Gasteiger partial charge in [-0.15, -0.1) is 0 Å².